The molecular weight excluding hydrogens is 342 g/mol. The quantitative estimate of drug-likeness (QED) is 0.639. The molecule has 0 spiro atoms. The van der Waals surface area contributed by atoms with Crippen molar-refractivity contribution < 1.29 is 0 Å². The molecular formula is C22H20ClN3. The van der Waals surface area contributed by atoms with Crippen LogP contribution in [0.5, 0.6) is 0 Å². The van der Waals surface area contributed by atoms with Crippen molar-refractivity contribution in [1.29, 1.82) is 0 Å². The lowest BCUT2D eigenvalue weighted by molar-refractivity contribution is 0.873. The van der Waals surface area contributed by atoms with Gasteiger partial charge in [-0.2, -0.15) is 0 Å². The summed E-state index contributed by atoms with van der Waals surface area (Å²) in [6, 6.07) is 16.5. The maximum atomic E-state index is 6.31. The number of hydrogen-bond donors (Lipinski definition) is 0. The summed E-state index contributed by atoms with van der Waals surface area (Å²) in [5, 5.41) is 0.739. The molecule has 3 nitrogen and oxygen atoms in total. The van der Waals surface area contributed by atoms with Crippen molar-refractivity contribution in [2.45, 2.75) is 13.8 Å². The highest BCUT2D eigenvalue weighted by Gasteiger charge is 2.26. The van der Waals surface area contributed by atoms with Crippen LogP contribution in [0.25, 0.3) is 11.1 Å². The van der Waals surface area contributed by atoms with Crippen molar-refractivity contribution in [2.75, 3.05) is 18.0 Å². The lowest BCUT2D eigenvalue weighted by Gasteiger charge is -2.33. The molecule has 0 fully saturated rings. The summed E-state index contributed by atoms with van der Waals surface area (Å²) in [6.07, 6.45) is 3.69. The number of nitrogens with zero attached hydrogens (tertiary/aromatic N) is 3. The number of benzene rings is 1. The van der Waals surface area contributed by atoms with Crippen LogP contribution in [0.1, 0.15) is 29.3 Å². The third-order valence-corrected chi connectivity index (χ3v) is 4.99. The summed E-state index contributed by atoms with van der Waals surface area (Å²) < 4.78 is 0. The van der Waals surface area contributed by atoms with Gasteiger partial charge in [-0.25, -0.2) is 4.98 Å². The second-order valence-corrected chi connectivity index (χ2v) is 6.87. The Kier molecular flexibility index (Phi) is 4.48. The van der Waals surface area contributed by atoms with Crippen molar-refractivity contribution >= 4 is 28.6 Å². The van der Waals surface area contributed by atoms with Gasteiger partial charge in [0.1, 0.15) is 5.82 Å². The van der Waals surface area contributed by atoms with Crippen LogP contribution in [0.2, 0.25) is 5.02 Å². The van der Waals surface area contributed by atoms with Gasteiger partial charge in [0.15, 0.2) is 0 Å². The fourth-order valence-electron chi connectivity index (χ4n) is 3.51. The van der Waals surface area contributed by atoms with Gasteiger partial charge in [-0.1, -0.05) is 23.7 Å². The van der Waals surface area contributed by atoms with E-state index >= 15 is 0 Å². The summed E-state index contributed by atoms with van der Waals surface area (Å²) in [6.45, 7) is 5.92. The number of rotatable bonds is 3. The van der Waals surface area contributed by atoms with Gasteiger partial charge in [0, 0.05) is 41.8 Å². The molecule has 1 aliphatic heterocycles. The second-order valence-electron chi connectivity index (χ2n) is 6.44. The molecule has 2 aromatic heterocycles. The number of anilines is 1. The van der Waals surface area contributed by atoms with Crippen LogP contribution in [0.15, 0.2) is 60.9 Å². The zero-order chi connectivity index (χ0) is 18.1. The molecule has 0 unspecified atom stereocenters. The van der Waals surface area contributed by atoms with E-state index < -0.39 is 0 Å². The molecule has 1 aromatic carbocycles. The second kappa shape index (κ2) is 6.93. The smallest absolute Gasteiger partial charge is 0.137 e. The SMILES string of the molecule is CCN1CC(c2ccncc2)=C(c2cccc(Cl)c2)c2ccc(C)nc21. The Morgan fingerprint density at radius 3 is 2.58 bits per heavy atom. The molecule has 4 heteroatoms. The molecule has 0 saturated carbocycles. The van der Waals surface area contributed by atoms with Gasteiger partial charge < -0.3 is 4.90 Å². The predicted molar refractivity (Wildman–Crippen MR) is 108 cm³/mol. The number of aromatic nitrogens is 2. The van der Waals surface area contributed by atoms with Crippen LogP contribution in [-0.2, 0) is 0 Å². The fraction of sp³-hybridized carbons (Fsp3) is 0.182. The summed E-state index contributed by atoms with van der Waals surface area (Å²) >= 11 is 6.31. The molecule has 0 radical (unpaired) electrons. The highest BCUT2D eigenvalue weighted by Crippen LogP contribution is 2.41. The molecule has 0 bridgehead atoms. The molecule has 1 aliphatic rings. The largest absolute Gasteiger partial charge is 0.352 e. The average Bonchev–Trinajstić information content (AvgIpc) is 2.67. The van der Waals surface area contributed by atoms with Gasteiger partial charge in [0.2, 0.25) is 0 Å². The number of aryl methyl sites for hydroxylation is 1. The first kappa shape index (κ1) is 16.8. The third kappa shape index (κ3) is 2.99. The molecule has 0 amide bonds. The zero-order valence-corrected chi connectivity index (χ0v) is 15.7. The van der Waals surface area contributed by atoms with Gasteiger partial charge >= 0.3 is 0 Å². The number of halogens is 1. The Morgan fingerprint density at radius 2 is 1.85 bits per heavy atom. The minimum absolute atomic E-state index is 0.739. The molecule has 3 heterocycles. The molecule has 0 atom stereocenters. The van der Waals surface area contributed by atoms with E-state index in [4.69, 9.17) is 16.6 Å². The highest BCUT2D eigenvalue weighted by molar-refractivity contribution is 6.30. The van der Waals surface area contributed by atoms with E-state index in [9.17, 15) is 0 Å². The van der Waals surface area contributed by atoms with Gasteiger partial charge in [-0.15, -0.1) is 0 Å². The first-order valence-corrected chi connectivity index (χ1v) is 9.17. The van der Waals surface area contributed by atoms with Crippen molar-refractivity contribution in [2.24, 2.45) is 0 Å². The molecule has 0 aliphatic carbocycles. The molecule has 0 saturated heterocycles. The summed E-state index contributed by atoms with van der Waals surface area (Å²) in [7, 11) is 0. The van der Waals surface area contributed by atoms with E-state index in [1.807, 2.05) is 37.5 Å². The monoisotopic (exact) mass is 361 g/mol. The van der Waals surface area contributed by atoms with Crippen LogP contribution in [-0.4, -0.2) is 23.1 Å². The first-order valence-electron chi connectivity index (χ1n) is 8.80. The van der Waals surface area contributed by atoms with E-state index in [-0.39, 0.29) is 0 Å². The lowest BCUT2D eigenvalue weighted by Crippen LogP contribution is -2.30. The van der Waals surface area contributed by atoms with E-state index in [0.29, 0.717) is 0 Å². The topological polar surface area (TPSA) is 29.0 Å². The number of hydrogen-bond acceptors (Lipinski definition) is 3. The van der Waals surface area contributed by atoms with Crippen LogP contribution < -0.4 is 4.90 Å². The van der Waals surface area contributed by atoms with Crippen molar-refractivity contribution in [3.63, 3.8) is 0 Å². The maximum Gasteiger partial charge on any atom is 0.137 e. The Hall–Kier alpha value is -2.65. The van der Waals surface area contributed by atoms with Gasteiger partial charge in [-0.3, -0.25) is 4.98 Å². The van der Waals surface area contributed by atoms with Crippen LogP contribution >= 0.6 is 11.6 Å². The van der Waals surface area contributed by atoms with Crippen molar-refractivity contribution in [1.82, 2.24) is 9.97 Å². The molecule has 26 heavy (non-hydrogen) atoms. The Bertz CT molecular complexity index is 980. The molecule has 130 valence electrons. The summed E-state index contributed by atoms with van der Waals surface area (Å²) in [5.41, 5.74) is 6.95. The summed E-state index contributed by atoms with van der Waals surface area (Å²) in [4.78, 5) is 11.3. The predicted octanol–water partition coefficient (Wildman–Crippen LogP) is 5.24. The molecule has 0 N–H and O–H groups in total. The first-order chi connectivity index (χ1) is 12.7. The molecule has 4 rings (SSSR count). The standard InChI is InChI=1S/C22H20ClN3/c1-3-26-14-20(16-9-11-24-12-10-16)21(17-5-4-6-18(23)13-17)19-8-7-15(2)25-22(19)26/h4-13H,3,14H2,1-2H3. The van der Waals surface area contributed by atoms with Gasteiger partial charge in [0.25, 0.3) is 0 Å². The minimum Gasteiger partial charge on any atom is -0.352 e. The normalized spacial score (nSPS) is 13.7. The highest BCUT2D eigenvalue weighted by atomic mass is 35.5. The zero-order valence-electron chi connectivity index (χ0n) is 14.9. The Labute approximate surface area is 159 Å². The number of likely N-dealkylation sites (N-methyl/N-ethyl adjacent to an activating group) is 1. The minimum atomic E-state index is 0.739. The van der Waals surface area contributed by atoms with E-state index in [1.165, 1.54) is 16.7 Å². The Balaban J connectivity index is 2.03. The van der Waals surface area contributed by atoms with Crippen molar-refractivity contribution in [3.8, 4) is 0 Å². The van der Waals surface area contributed by atoms with Crippen LogP contribution in [0.3, 0.4) is 0 Å². The summed E-state index contributed by atoms with van der Waals surface area (Å²) in [5.74, 6) is 1.04. The van der Waals surface area contributed by atoms with E-state index in [1.54, 1.807) is 0 Å². The fourth-order valence-corrected chi connectivity index (χ4v) is 3.70. The Morgan fingerprint density at radius 1 is 1.04 bits per heavy atom. The average molecular weight is 362 g/mol. The van der Waals surface area contributed by atoms with Crippen LogP contribution in [0.4, 0.5) is 5.82 Å². The number of pyridine rings is 2. The van der Waals surface area contributed by atoms with Crippen molar-refractivity contribution in [3.05, 3.63) is 88.3 Å². The van der Waals surface area contributed by atoms with E-state index in [2.05, 4.69) is 47.1 Å². The van der Waals surface area contributed by atoms with Gasteiger partial charge in [0.05, 0.1) is 0 Å². The van der Waals surface area contributed by atoms with E-state index in [0.717, 1.165) is 40.8 Å². The van der Waals surface area contributed by atoms with Gasteiger partial charge in [-0.05, 0) is 72.5 Å². The molecule has 3 aromatic rings. The maximum absolute atomic E-state index is 6.31. The van der Waals surface area contributed by atoms with Crippen LogP contribution in [0, 0.1) is 6.92 Å². The third-order valence-electron chi connectivity index (χ3n) is 4.76. The number of fused-ring (bicyclic) bond motifs is 1. The lowest BCUT2D eigenvalue weighted by atomic mass is 9.87.